The summed E-state index contributed by atoms with van der Waals surface area (Å²) < 4.78 is 4.72. The number of nitrogens with one attached hydrogen (secondary N) is 2. The minimum absolute atomic E-state index is 0.129. The molecule has 0 aromatic rings. The molecule has 0 aliphatic rings. The highest BCUT2D eigenvalue weighted by Gasteiger charge is 2.23. The van der Waals surface area contributed by atoms with Crippen molar-refractivity contribution in [3.63, 3.8) is 0 Å². The largest absolute Gasteiger partial charge is 0.480 e. The number of ether oxygens (including phenoxy) is 1. The van der Waals surface area contributed by atoms with Crippen molar-refractivity contribution in [3.8, 4) is 0 Å². The molecular weight excluding hydrogens is 252 g/mol. The lowest BCUT2D eigenvalue weighted by Gasteiger charge is -2.18. The van der Waals surface area contributed by atoms with Crippen molar-refractivity contribution in [2.45, 2.75) is 46.2 Å². The Hall–Kier alpha value is -1.79. The lowest BCUT2D eigenvalue weighted by molar-refractivity contribution is -0.144. The number of rotatable bonds is 7. The Bertz CT molecular complexity index is 330. The van der Waals surface area contributed by atoms with Crippen molar-refractivity contribution in [1.82, 2.24) is 10.6 Å². The lowest BCUT2D eigenvalue weighted by Crippen LogP contribution is -2.50. The van der Waals surface area contributed by atoms with Crippen LogP contribution in [0.2, 0.25) is 0 Å². The van der Waals surface area contributed by atoms with Crippen molar-refractivity contribution in [1.29, 1.82) is 0 Å². The zero-order valence-electron chi connectivity index (χ0n) is 11.7. The topological polar surface area (TPSA) is 105 Å². The summed E-state index contributed by atoms with van der Waals surface area (Å²) >= 11 is 0. The molecule has 0 radical (unpaired) electrons. The van der Waals surface area contributed by atoms with Gasteiger partial charge in [0, 0.05) is 0 Å². The summed E-state index contributed by atoms with van der Waals surface area (Å²) in [4.78, 5) is 33.8. The summed E-state index contributed by atoms with van der Waals surface area (Å²) in [6.45, 7) is 7.06. The molecule has 0 aliphatic heterocycles. The van der Waals surface area contributed by atoms with Crippen LogP contribution in [0.1, 0.15) is 34.1 Å². The number of esters is 1. The van der Waals surface area contributed by atoms with Crippen molar-refractivity contribution in [3.05, 3.63) is 0 Å². The zero-order valence-corrected chi connectivity index (χ0v) is 11.7. The quantitative estimate of drug-likeness (QED) is 0.594. The third-order valence-corrected chi connectivity index (χ3v) is 2.30. The molecule has 2 amide bonds. The standard InChI is InChI=1S/C12H22N2O5/c1-5-19-11(17)8(4)13-12(18)14-9(10(15)16)6-7(2)3/h7-9H,5-6H2,1-4H3,(H,15,16)(H2,13,14,18)/t8?,9-/m1/s1. The minimum Gasteiger partial charge on any atom is -0.480 e. The van der Waals surface area contributed by atoms with E-state index in [0.29, 0.717) is 6.42 Å². The minimum atomic E-state index is -1.10. The van der Waals surface area contributed by atoms with E-state index >= 15 is 0 Å². The van der Waals surface area contributed by atoms with E-state index in [1.807, 2.05) is 13.8 Å². The van der Waals surface area contributed by atoms with Crippen LogP contribution in [-0.2, 0) is 14.3 Å². The van der Waals surface area contributed by atoms with Gasteiger partial charge in [-0.15, -0.1) is 0 Å². The summed E-state index contributed by atoms with van der Waals surface area (Å²) in [5.74, 6) is -1.54. The molecule has 1 unspecified atom stereocenters. The van der Waals surface area contributed by atoms with E-state index in [1.165, 1.54) is 6.92 Å². The Kier molecular flexibility index (Phi) is 7.55. The molecule has 110 valence electrons. The van der Waals surface area contributed by atoms with Crippen LogP contribution in [0.3, 0.4) is 0 Å². The first kappa shape index (κ1) is 17.2. The Morgan fingerprint density at radius 3 is 2.16 bits per heavy atom. The monoisotopic (exact) mass is 274 g/mol. The maximum Gasteiger partial charge on any atom is 0.328 e. The molecule has 0 saturated heterocycles. The first-order chi connectivity index (χ1) is 8.77. The highest BCUT2D eigenvalue weighted by atomic mass is 16.5. The molecule has 2 atom stereocenters. The smallest absolute Gasteiger partial charge is 0.328 e. The van der Waals surface area contributed by atoms with Gasteiger partial charge in [-0.1, -0.05) is 13.8 Å². The molecule has 0 heterocycles. The third-order valence-electron chi connectivity index (χ3n) is 2.30. The molecule has 0 fully saturated rings. The molecular formula is C12H22N2O5. The van der Waals surface area contributed by atoms with Crippen LogP contribution in [0.5, 0.6) is 0 Å². The SMILES string of the molecule is CCOC(=O)C(C)NC(=O)N[C@H](CC(C)C)C(=O)O. The number of urea groups is 1. The predicted octanol–water partition coefficient (Wildman–Crippen LogP) is 0.737. The fourth-order valence-electron chi connectivity index (χ4n) is 1.42. The fourth-order valence-corrected chi connectivity index (χ4v) is 1.42. The summed E-state index contributed by atoms with van der Waals surface area (Å²) in [6, 6.07) is -2.50. The highest BCUT2D eigenvalue weighted by molar-refractivity contribution is 5.86. The van der Waals surface area contributed by atoms with Crippen LogP contribution in [0.15, 0.2) is 0 Å². The molecule has 0 spiro atoms. The zero-order chi connectivity index (χ0) is 15.0. The van der Waals surface area contributed by atoms with Crippen LogP contribution in [-0.4, -0.2) is 41.8 Å². The predicted molar refractivity (Wildman–Crippen MR) is 68.6 cm³/mol. The molecule has 3 N–H and O–H groups in total. The van der Waals surface area contributed by atoms with Crippen molar-refractivity contribution >= 4 is 18.0 Å². The van der Waals surface area contributed by atoms with Crippen LogP contribution < -0.4 is 10.6 Å². The van der Waals surface area contributed by atoms with Crippen LogP contribution >= 0.6 is 0 Å². The highest BCUT2D eigenvalue weighted by Crippen LogP contribution is 2.04. The summed E-state index contributed by atoms with van der Waals surface area (Å²) in [7, 11) is 0. The lowest BCUT2D eigenvalue weighted by atomic mass is 10.0. The van der Waals surface area contributed by atoms with Gasteiger partial charge in [-0.05, 0) is 26.2 Å². The van der Waals surface area contributed by atoms with E-state index in [0.717, 1.165) is 0 Å². The Morgan fingerprint density at radius 1 is 1.16 bits per heavy atom. The number of hydrogen-bond acceptors (Lipinski definition) is 4. The normalized spacial score (nSPS) is 13.5. The first-order valence-corrected chi connectivity index (χ1v) is 6.24. The van der Waals surface area contributed by atoms with Crippen molar-refractivity contribution in [2.75, 3.05) is 6.61 Å². The van der Waals surface area contributed by atoms with E-state index < -0.39 is 30.1 Å². The maximum atomic E-state index is 11.6. The number of amides is 2. The molecule has 0 aromatic heterocycles. The first-order valence-electron chi connectivity index (χ1n) is 6.24. The number of aliphatic carboxylic acids is 1. The van der Waals surface area contributed by atoms with Crippen molar-refractivity contribution in [2.24, 2.45) is 5.92 Å². The van der Waals surface area contributed by atoms with Gasteiger partial charge in [0.2, 0.25) is 0 Å². The van der Waals surface area contributed by atoms with Crippen LogP contribution in [0.4, 0.5) is 4.79 Å². The van der Waals surface area contributed by atoms with E-state index in [9.17, 15) is 14.4 Å². The van der Waals surface area contributed by atoms with Gasteiger partial charge in [-0.2, -0.15) is 0 Å². The van der Waals surface area contributed by atoms with Gasteiger partial charge in [0.05, 0.1) is 6.61 Å². The molecule has 0 rings (SSSR count). The molecule has 0 aromatic carbocycles. The second-order valence-corrected chi connectivity index (χ2v) is 4.61. The molecule has 0 saturated carbocycles. The Labute approximate surface area is 112 Å². The average molecular weight is 274 g/mol. The average Bonchev–Trinajstić information content (AvgIpc) is 2.27. The summed E-state index contributed by atoms with van der Waals surface area (Å²) in [5.41, 5.74) is 0. The van der Waals surface area contributed by atoms with E-state index in [4.69, 9.17) is 9.84 Å². The summed E-state index contributed by atoms with van der Waals surface area (Å²) in [5, 5.41) is 13.6. The number of carboxylic acid groups (broad SMARTS) is 1. The van der Waals surface area contributed by atoms with Gasteiger partial charge < -0.3 is 20.5 Å². The fraction of sp³-hybridized carbons (Fsp3) is 0.750. The summed E-state index contributed by atoms with van der Waals surface area (Å²) in [6.07, 6.45) is 0.316. The Morgan fingerprint density at radius 2 is 1.74 bits per heavy atom. The van der Waals surface area contributed by atoms with Gasteiger partial charge >= 0.3 is 18.0 Å². The van der Waals surface area contributed by atoms with E-state index in [-0.39, 0.29) is 12.5 Å². The molecule has 19 heavy (non-hydrogen) atoms. The second-order valence-electron chi connectivity index (χ2n) is 4.61. The second kappa shape index (κ2) is 8.34. The number of carbonyl (C=O) groups excluding carboxylic acids is 2. The number of carbonyl (C=O) groups is 3. The van der Waals surface area contributed by atoms with Crippen LogP contribution in [0, 0.1) is 5.92 Å². The maximum absolute atomic E-state index is 11.6. The third kappa shape index (κ3) is 7.28. The van der Waals surface area contributed by atoms with Gasteiger partial charge in [-0.25, -0.2) is 14.4 Å². The Balaban J connectivity index is 4.34. The van der Waals surface area contributed by atoms with E-state index in [2.05, 4.69) is 10.6 Å². The number of hydrogen-bond donors (Lipinski definition) is 3. The van der Waals surface area contributed by atoms with Gasteiger partial charge in [0.15, 0.2) is 0 Å². The molecule has 7 nitrogen and oxygen atoms in total. The molecule has 0 bridgehead atoms. The van der Waals surface area contributed by atoms with Gasteiger partial charge in [-0.3, -0.25) is 0 Å². The van der Waals surface area contributed by atoms with Crippen LogP contribution in [0.25, 0.3) is 0 Å². The molecule has 0 aliphatic carbocycles. The number of carboxylic acids is 1. The molecule has 7 heteroatoms. The van der Waals surface area contributed by atoms with Gasteiger partial charge in [0.1, 0.15) is 12.1 Å². The van der Waals surface area contributed by atoms with E-state index in [1.54, 1.807) is 6.92 Å². The van der Waals surface area contributed by atoms with Crippen molar-refractivity contribution < 1.29 is 24.2 Å². The van der Waals surface area contributed by atoms with Gasteiger partial charge in [0.25, 0.3) is 0 Å².